The Morgan fingerprint density at radius 2 is 1.90 bits per heavy atom. The minimum Gasteiger partial charge on any atom is -0.465 e. The van der Waals surface area contributed by atoms with Crippen molar-refractivity contribution in [3.8, 4) is 5.75 Å². The summed E-state index contributed by atoms with van der Waals surface area (Å²) in [6.45, 7) is 2.62. The van der Waals surface area contributed by atoms with Crippen molar-refractivity contribution in [3.05, 3.63) is 61.1 Å². The van der Waals surface area contributed by atoms with Crippen LogP contribution in [0, 0.1) is 24.0 Å². The number of carbonyl (C=O) groups is 1. The molecule has 0 aliphatic heterocycles. The minimum absolute atomic E-state index is 0.128. The highest BCUT2D eigenvalue weighted by molar-refractivity contribution is 7.87. The van der Waals surface area contributed by atoms with Crippen LogP contribution in [0.3, 0.4) is 0 Å². The van der Waals surface area contributed by atoms with Gasteiger partial charge in [0.1, 0.15) is 10.6 Å². The first-order valence-corrected chi connectivity index (χ1v) is 10.8. The van der Waals surface area contributed by atoms with Crippen LogP contribution in [-0.2, 0) is 16.7 Å². The van der Waals surface area contributed by atoms with E-state index in [1.807, 2.05) is 0 Å². The fourth-order valence-corrected chi connectivity index (χ4v) is 4.07. The lowest BCUT2D eigenvalue weighted by Gasteiger charge is -2.17. The lowest BCUT2D eigenvalue weighted by Crippen LogP contribution is -2.39. The molecule has 14 heteroatoms. The van der Waals surface area contributed by atoms with Crippen molar-refractivity contribution in [1.82, 2.24) is 4.90 Å². The number of hydrogen-bond acceptors (Lipinski definition) is 7. The van der Waals surface area contributed by atoms with Crippen LogP contribution < -0.4 is 9.92 Å². The van der Waals surface area contributed by atoms with Crippen LogP contribution in [0.15, 0.2) is 29.2 Å². The first-order valence-electron chi connectivity index (χ1n) is 8.23. The molecular formula is C17H15Cl2N3O7S2. The number of hydrogen-bond donors (Lipinski definition) is 2. The van der Waals surface area contributed by atoms with E-state index in [0.29, 0.717) is 16.0 Å². The Bertz CT molecular complexity index is 1190. The van der Waals surface area contributed by atoms with Crippen molar-refractivity contribution in [2.45, 2.75) is 25.3 Å². The van der Waals surface area contributed by atoms with E-state index in [4.69, 9.17) is 38.2 Å². The molecule has 2 aromatic carbocycles. The topological polar surface area (TPSA) is 153 Å². The Hall–Kier alpha value is -2.67. The molecule has 2 rings (SSSR count). The Balaban J connectivity index is 2.49. The lowest BCUT2D eigenvalue weighted by molar-refractivity contribution is -0.385. The Kier molecular flexibility index (Phi) is 7.32. The van der Waals surface area contributed by atoms with E-state index < -0.39 is 43.4 Å². The zero-order valence-corrected chi connectivity index (χ0v) is 19.1. The summed E-state index contributed by atoms with van der Waals surface area (Å²) in [5.74, 6) is -0.141. The number of nitro benzene ring substituents is 1. The largest absolute Gasteiger partial charge is 0.465 e. The molecule has 31 heavy (non-hydrogen) atoms. The summed E-state index contributed by atoms with van der Waals surface area (Å²) in [6.07, 6.45) is -1.52. The van der Waals surface area contributed by atoms with Gasteiger partial charge in [-0.3, -0.25) is 10.1 Å². The van der Waals surface area contributed by atoms with Gasteiger partial charge >= 0.3 is 16.2 Å². The van der Waals surface area contributed by atoms with Crippen LogP contribution >= 0.6 is 35.4 Å². The van der Waals surface area contributed by atoms with E-state index in [1.165, 1.54) is 13.0 Å². The van der Waals surface area contributed by atoms with Crippen LogP contribution in [0.1, 0.15) is 16.7 Å². The number of nitro groups is 1. The Morgan fingerprint density at radius 1 is 1.29 bits per heavy atom. The molecule has 0 aliphatic carbocycles. The normalized spacial score (nSPS) is 11.1. The first-order chi connectivity index (χ1) is 14.3. The van der Waals surface area contributed by atoms with Gasteiger partial charge in [-0.2, -0.15) is 8.42 Å². The third kappa shape index (κ3) is 5.34. The molecule has 0 aromatic heterocycles. The zero-order chi connectivity index (χ0) is 23.7. The molecule has 2 aromatic rings. The third-order valence-electron chi connectivity index (χ3n) is 4.21. The number of halogens is 2. The summed E-state index contributed by atoms with van der Waals surface area (Å²) in [5, 5.41) is 20.5. The third-order valence-corrected chi connectivity index (χ3v) is 6.62. The van der Waals surface area contributed by atoms with Crippen molar-refractivity contribution in [1.29, 1.82) is 0 Å². The number of rotatable bonds is 6. The lowest BCUT2D eigenvalue weighted by atomic mass is 10.1. The van der Waals surface area contributed by atoms with Crippen LogP contribution in [-0.4, -0.2) is 34.6 Å². The molecule has 0 fully saturated rings. The number of benzene rings is 2. The maximum Gasteiger partial charge on any atom is 0.413 e. The van der Waals surface area contributed by atoms with Gasteiger partial charge in [0.05, 0.1) is 16.5 Å². The standard InChI is InChI=1S/C17H15Cl2N3O7S2/c1-8-12(18)6-14(9(2)15(8)19)29-31(27,28)11-4-3-10(13(5-11)22(25)26)7-21(16(20)30)17(23)24/h3-6H,7H2,1-2H3,(H2,20,30)(H,23,24). The molecule has 0 spiro atoms. The monoisotopic (exact) mass is 507 g/mol. The summed E-state index contributed by atoms with van der Waals surface area (Å²) in [6, 6.07) is 4.12. The molecule has 0 bridgehead atoms. The highest BCUT2D eigenvalue weighted by atomic mass is 35.5. The molecule has 0 heterocycles. The highest BCUT2D eigenvalue weighted by Crippen LogP contribution is 2.36. The SMILES string of the molecule is Cc1c(Cl)cc(OS(=O)(=O)c2ccc(CN(C(=O)O)C(N)=S)c([N+](=O)[O-])c2)c(C)c1Cl. The second kappa shape index (κ2) is 9.22. The fraction of sp³-hybridized carbons (Fsp3) is 0.176. The average molecular weight is 508 g/mol. The van der Waals surface area contributed by atoms with Crippen LogP contribution in [0.4, 0.5) is 10.5 Å². The molecule has 0 atom stereocenters. The average Bonchev–Trinajstić information content (AvgIpc) is 2.67. The summed E-state index contributed by atoms with van der Waals surface area (Å²) in [5.41, 5.74) is 5.37. The van der Waals surface area contributed by atoms with E-state index >= 15 is 0 Å². The second-order valence-electron chi connectivity index (χ2n) is 6.21. The molecule has 166 valence electrons. The summed E-state index contributed by atoms with van der Waals surface area (Å²) in [7, 11) is -4.52. The van der Waals surface area contributed by atoms with E-state index in [2.05, 4.69) is 12.2 Å². The van der Waals surface area contributed by atoms with Gasteiger partial charge in [-0.1, -0.05) is 23.2 Å². The summed E-state index contributed by atoms with van der Waals surface area (Å²) >= 11 is 16.8. The Labute approximate surface area is 192 Å². The van der Waals surface area contributed by atoms with Gasteiger partial charge in [-0.25, -0.2) is 9.69 Å². The van der Waals surface area contributed by atoms with Gasteiger partial charge in [0.2, 0.25) is 0 Å². The van der Waals surface area contributed by atoms with E-state index in [9.17, 15) is 23.3 Å². The zero-order valence-electron chi connectivity index (χ0n) is 16.0. The number of nitrogens with zero attached hydrogens (tertiary/aromatic N) is 2. The van der Waals surface area contributed by atoms with Gasteiger partial charge in [0.15, 0.2) is 5.11 Å². The smallest absolute Gasteiger partial charge is 0.413 e. The van der Waals surface area contributed by atoms with E-state index in [1.54, 1.807) is 6.92 Å². The van der Waals surface area contributed by atoms with Gasteiger partial charge in [0, 0.05) is 28.3 Å². The number of amides is 1. The number of nitrogens with two attached hydrogens (primary N) is 1. The van der Waals surface area contributed by atoms with Crippen molar-refractivity contribution >= 4 is 62.4 Å². The molecule has 0 saturated carbocycles. The quantitative estimate of drug-likeness (QED) is 0.255. The summed E-state index contributed by atoms with van der Waals surface area (Å²) in [4.78, 5) is 21.8. The van der Waals surface area contributed by atoms with Gasteiger partial charge < -0.3 is 15.0 Å². The van der Waals surface area contributed by atoms with Crippen molar-refractivity contribution in [2.75, 3.05) is 0 Å². The predicted octanol–water partition coefficient (Wildman–Crippen LogP) is 4.01. The predicted molar refractivity (Wildman–Crippen MR) is 117 cm³/mol. The van der Waals surface area contributed by atoms with Gasteiger partial charge in [-0.15, -0.1) is 0 Å². The molecule has 1 amide bonds. The molecule has 0 saturated heterocycles. The van der Waals surface area contributed by atoms with Crippen molar-refractivity contribution in [2.24, 2.45) is 5.73 Å². The molecule has 3 N–H and O–H groups in total. The summed E-state index contributed by atoms with van der Waals surface area (Å²) < 4.78 is 30.5. The van der Waals surface area contributed by atoms with Crippen LogP contribution in [0.5, 0.6) is 5.75 Å². The van der Waals surface area contributed by atoms with Crippen LogP contribution in [0.25, 0.3) is 0 Å². The highest BCUT2D eigenvalue weighted by Gasteiger charge is 2.27. The molecule has 0 unspecified atom stereocenters. The molecule has 0 radical (unpaired) electrons. The van der Waals surface area contributed by atoms with Crippen molar-refractivity contribution in [3.63, 3.8) is 0 Å². The molecule has 10 nitrogen and oxygen atoms in total. The maximum absolute atomic E-state index is 12.7. The number of carboxylic acid groups (broad SMARTS) is 1. The minimum atomic E-state index is -4.52. The second-order valence-corrected chi connectivity index (χ2v) is 8.96. The van der Waals surface area contributed by atoms with Gasteiger partial charge in [0.25, 0.3) is 5.69 Å². The maximum atomic E-state index is 12.7. The number of thiocarbonyl (C=S) groups is 1. The molecule has 0 aliphatic rings. The molecular weight excluding hydrogens is 493 g/mol. The van der Waals surface area contributed by atoms with E-state index in [-0.39, 0.29) is 21.4 Å². The van der Waals surface area contributed by atoms with Crippen molar-refractivity contribution < 1.29 is 27.4 Å². The first kappa shape index (κ1) is 24.6. The fourth-order valence-electron chi connectivity index (χ4n) is 2.49. The van der Waals surface area contributed by atoms with Crippen LogP contribution in [0.2, 0.25) is 10.0 Å². The van der Waals surface area contributed by atoms with E-state index in [0.717, 1.165) is 18.2 Å². The Morgan fingerprint density at radius 3 is 2.42 bits per heavy atom. The van der Waals surface area contributed by atoms with Gasteiger partial charge in [-0.05, 0) is 43.8 Å².